The minimum absolute atomic E-state index is 0.0814. The lowest BCUT2D eigenvalue weighted by Crippen LogP contribution is -1.97. The Kier molecular flexibility index (Phi) is 4.59. The Morgan fingerprint density at radius 1 is 1.30 bits per heavy atom. The summed E-state index contributed by atoms with van der Waals surface area (Å²) in [5.74, 6) is 0.740. The lowest BCUT2D eigenvalue weighted by Gasteiger charge is -2.09. The molecule has 0 saturated carbocycles. The average molecular weight is 358 g/mol. The van der Waals surface area contributed by atoms with Crippen molar-refractivity contribution in [1.29, 1.82) is 0 Å². The van der Waals surface area contributed by atoms with Crippen molar-refractivity contribution in [1.82, 2.24) is 0 Å². The zero-order valence-electron chi connectivity index (χ0n) is 10.2. The summed E-state index contributed by atoms with van der Waals surface area (Å²) in [5, 5.41) is 11.0. The molecule has 0 amide bonds. The second-order valence-electron chi connectivity index (χ2n) is 3.93. The van der Waals surface area contributed by atoms with Gasteiger partial charge in [-0.05, 0) is 23.8 Å². The van der Waals surface area contributed by atoms with Crippen LogP contribution in [0.4, 0.5) is 5.69 Å². The fraction of sp³-hybridized carbons (Fsp3) is 0.0769. The van der Waals surface area contributed by atoms with Crippen LogP contribution >= 0.6 is 27.5 Å². The third-order valence-corrected chi connectivity index (χ3v) is 3.65. The van der Waals surface area contributed by atoms with E-state index < -0.39 is 4.92 Å². The van der Waals surface area contributed by atoms with Gasteiger partial charge in [-0.15, -0.1) is 0 Å². The lowest BCUT2D eigenvalue weighted by molar-refractivity contribution is -0.384. The maximum absolute atomic E-state index is 10.7. The van der Waals surface area contributed by atoms with Gasteiger partial charge in [-0.25, -0.2) is 0 Å². The molecule has 2 aromatic rings. The normalized spacial score (nSPS) is 10.3. The second-order valence-corrected chi connectivity index (χ2v) is 5.19. The quantitative estimate of drug-likeness (QED) is 0.655. The van der Waals surface area contributed by atoms with Crippen molar-refractivity contribution in [3.8, 4) is 11.5 Å². The summed E-state index contributed by atoms with van der Waals surface area (Å²) in [6.07, 6.45) is 0. The molecule has 0 aromatic heterocycles. The highest BCUT2D eigenvalue weighted by Gasteiger charge is 2.12. The summed E-state index contributed by atoms with van der Waals surface area (Å²) in [6, 6.07) is 9.30. The van der Waals surface area contributed by atoms with E-state index in [0.717, 1.165) is 10.0 Å². The van der Waals surface area contributed by atoms with E-state index in [4.69, 9.17) is 22.1 Å². The summed E-state index contributed by atoms with van der Waals surface area (Å²) in [7, 11) is 0. The van der Waals surface area contributed by atoms with Crippen LogP contribution in [0.1, 0.15) is 5.56 Å². The number of ether oxygens (including phenoxy) is 1. The van der Waals surface area contributed by atoms with Crippen molar-refractivity contribution < 1.29 is 9.66 Å². The topological polar surface area (TPSA) is 78.4 Å². The van der Waals surface area contributed by atoms with Crippen molar-refractivity contribution in [3.63, 3.8) is 0 Å². The van der Waals surface area contributed by atoms with Crippen LogP contribution in [-0.2, 0) is 6.54 Å². The number of rotatable bonds is 4. The molecular formula is C13H10BrClN2O3. The number of hydrogen-bond acceptors (Lipinski definition) is 4. The van der Waals surface area contributed by atoms with Gasteiger partial charge in [0.15, 0.2) is 5.75 Å². The van der Waals surface area contributed by atoms with Crippen LogP contribution in [0.15, 0.2) is 40.9 Å². The van der Waals surface area contributed by atoms with Crippen LogP contribution in [0, 0.1) is 10.1 Å². The fourth-order valence-electron chi connectivity index (χ4n) is 1.57. The molecule has 0 unspecified atom stereocenters. The van der Waals surface area contributed by atoms with E-state index in [-0.39, 0.29) is 11.4 Å². The molecule has 20 heavy (non-hydrogen) atoms. The van der Waals surface area contributed by atoms with Gasteiger partial charge in [-0.2, -0.15) is 0 Å². The summed E-state index contributed by atoms with van der Waals surface area (Å²) in [6.45, 7) is 0.401. The molecule has 0 spiro atoms. The molecule has 0 fully saturated rings. The highest BCUT2D eigenvalue weighted by Crippen LogP contribution is 2.34. The van der Waals surface area contributed by atoms with Crippen LogP contribution in [0.2, 0.25) is 5.02 Å². The predicted molar refractivity (Wildman–Crippen MR) is 80.2 cm³/mol. The summed E-state index contributed by atoms with van der Waals surface area (Å²) in [4.78, 5) is 10.2. The first-order valence-electron chi connectivity index (χ1n) is 5.61. The average Bonchev–Trinajstić information content (AvgIpc) is 2.41. The molecule has 0 aliphatic rings. The van der Waals surface area contributed by atoms with Crippen LogP contribution < -0.4 is 10.5 Å². The van der Waals surface area contributed by atoms with E-state index in [0.29, 0.717) is 17.3 Å². The smallest absolute Gasteiger partial charge is 0.273 e. The largest absolute Gasteiger partial charge is 0.455 e. The number of nitro benzene ring substituents is 1. The minimum Gasteiger partial charge on any atom is -0.455 e. The molecule has 104 valence electrons. The number of halogens is 2. The fourth-order valence-corrected chi connectivity index (χ4v) is 2.24. The van der Waals surface area contributed by atoms with E-state index in [1.54, 1.807) is 12.1 Å². The monoisotopic (exact) mass is 356 g/mol. The molecule has 5 nitrogen and oxygen atoms in total. The second kappa shape index (κ2) is 6.21. The zero-order chi connectivity index (χ0) is 14.7. The molecule has 2 N–H and O–H groups in total. The molecule has 0 atom stereocenters. The van der Waals surface area contributed by atoms with E-state index in [2.05, 4.69) is 15.9 Å². The van der Waals surface area contributed by atoms with Gasteiger partial charge in [-0.1, -0.05) is 33.6 Å². The number of nitrogens with two attached hydrogens (primary N) is 1. The van der Waals surface area contributed by atoms with Gasteiger partial charge >= 0.3 is 0 Å². The molecule has 7 heteroatoms. The SMILES string of the molecule is NCc1ccc(Oc2cc([N+](=O)[O-])ccc2Cl)cc1Br. The predicted octanol–water partition coefficient (Wildman–Crippen LogP) is 4.26. The van der Waals surface area contributed by atoms with E-state index in [1.165, 1.54) is 18.2 Å². The van der Waals surface area contributed by atoms with Crippen molar-refractivity contribution >= 4 is 33.2 Å². The van der Waals surface area contributed by atoms with E-state index in [9.17, 15) is 10.1 Å². The van der Waals surface area contributed by atoms with Gasteiger partial charge < -0.3 is 10.5 Å². The van der Waals surface area contributed by atoms with E-state index in [1.807, 2.05) is 6.07 Å². The maximum atomic E-state index is 10.7. The van der Waals surface area contributed by atoms with Crippen molar-refractivity contribution in [2.24, 2.45) is 5.73 Å². The Hall–Kier alpha value is -1.63. The van der Waals surface area contributed by atoms with Gasteiger partial charge in [0, 0.05) is 17.1 Å². The van der Waals surface area contributed by atoms with Gasteiger partial charge in [0.2, 0.25) is 0 Å². The number of non-ortho nitro benzene ring substituents is 1. The first kappa shape index (κ1) is 14.8. The zero-order valence-corrected chi connectivity index (χ0v) is 12.5. The number of nitro groups is 1. The number of nitrogens with zero attached hydrogens (tertiary/aromatic N) is 1. The first-order valence-corrected chi connectivity index (χ1v) is 6.78. The van der Waals surface area contributed by atoms with Crippen LogP contribution in [0.25, 0.3) is 0 Å². The Labute approximate surface area is 128 Å². The van der Waals surface area contributed by atoms with Gasteiger partial charge in [-0.3, -0.25) is 10.1 Å². The Morgan fingerprint density at radius 3 is 2.65 bits per heavy atom. The molecule has 0 bridgehead atoms. The third-order valence-electron chi connectivity index (χ3n) is 2.60. The third kappa shape index (κ3) is 3.27. The summed E-state index contributed by atoms with van der Waals surface area (Å²) >= 11 is 9.35. The molecule has 0 heterocycles. The van der Waals surface area contributed by atoms with Crippen LogP contribution in [0.3, 0.4) is 0 Å². The lowest BCUT2D eigenvalue weighted by atomic mass is 10.2. The highest BCUT2D eigenvalue weighted by atomic mass is 79.9. The van der Waals surface area contributed by atoms with Crippen molar-refractivity contribution in [2.45, 2.75) is 6.54 Å². The molecular weight excluding hydrogens is 348 g/mol. The first-order chi connectivity index (χ1) is 9.51. The Balaban J connectivity index is 2.32. The summed E-state index contributed by atoms with van der Waals surface area (Å²) < 4.78 is 6.38. The van der Waals surface area contributed by atoms with Gasteiger partial charge in [0.05, 0.1) is 16.0 Å². The Bertz CT molecular complexity index is 664. The molecule has 2 aromatic carbocycles. The standard InChI is InChI=1S/C13H10BrClN2O3/c14-11-6-10(3-1-8(11)7-16)20-13-5-9(17(18)19)2-4-12(13)15/h1-6H,7,16H2. The minimum atomic E-state index is -0.503. The van der Waals surface area contributed by atoms with Crippen molar-refractivity contribution in [2.75, 3.05) is 0 Å². The van der Waals surface area contributed by atoms with E-state index >= 15 is 0 Å². The number of benzene rings is 2. The Morgan fingerprint density at radius 2 is 2.05 bits per heavy atom. The molecule has 0 aliphatic carbocycles. The maximum Gasteiger partial charge on any atom is 0.273 e. The summed E-state index contributed by atoms with van der Waals surface area (Å²) in [5.41, 5.74) is 6.42. The number of hydrogen-bond donors (Lipinski definition) is 1. The molecule has 2 rings (SSSR count). The molecule has 0 saturated heterocycles. The molecule has 0 radical (unpaired) electrons. The van der Waals surface area contributed by atoms with Crippen LogP contribution in [-0.4, -0.2) is 4.92 Å². The van der Waals surface area contributed by atoms with Crippen molar-refractivity contribution in [3.05, 3.63) is 61.6 Å². The van der Waals surface area contributed by atoms with Gasteiger partial charge in [0.1, 0.15) is 5.75 Å². The molecule has 0 aliphatic heterocycles. The van der Waals surface area contributed by atoms with Crippen LogP contribution in [0.5, 0.6) is 11.5 Å². The van der Waals surface area contributed by atoms with Gasteiger partial charge in [0.25, 0.3) is 5.69 Å². The highest BCUT2D eigenvalue weighted by molar-refractivity contribution is 9.10.